The van der Waals surface area contributed by atoms with Crippen LogP contribution >= 0.6 is 0 Å². The monoisotopic (exact) mass is 824 g/mol. The summed E-state index contributed by atoms with van der Waals surface area (Å²) in [5, 5.41) is 0. The summed E-state index contributed by atoms with van der Waals surface area (Å²) in [6, 6.07) is 0. The summed E-state index contributed by atoms with van der Waals surface area (Å²) in [4.78, 5) is 60.4. The zero-order valence-corrected chi connectivity index (χ0v) is 36.9. The fourth-order valence-corrected chi connectivity index (χ4v) is 9.15. The highest BCUT2D eigenvalue weighted by Crippen LogP contribution is 2.49. The van der Waals surface area contributed by atoms with Crippen molar-refractivity contribution < 1.29 is 52.3 Å². The molecule has 4 fully saturated rings. The van der Waals surface area contributed by atoms with Gasteiger partial charge in [-0.05, 0) is 41.2 Å². The van der Waals surface area contributed by atoms with Crippen molar-refractivity contribution in [1.29, 1.82) is 0 Å². The van der Waals surface area contributed by atoms with Crippen LogP contribution < -0.4 is 0 Å². The van der Waals surface area contributed by atoms with E-state index in [0.29, 0.717) is 46.2 Å². The molecule has 334 valence electrons. The normalized spacial score (nSPS) is 27.2. The van der Waals surface area contributed by atoms with E-state index < -0.39 is 53.9 Å². The number of rotatable bonds is 32. The van der Waals surface area contributed by atoms with Gasteiger partial charge in [0.15, 0.2) is 6.29 Å². The summed E-state index contributed by atoms with van der Waals surface area (Å²) in [5.41, 5.74) is -0.913. The Kier molecular flexibility index (Phi) is 21.0. The Bertz CT molecular complexity index is 1270. The van der Waals surface area contributed by atoms with Crippen molar-refractivity contribution in [2.24, 2.45) is 23.7 Å². The Morgan fingerprint density at radius 1 is 0.586 bits per heavy atom. The lowest BCUT2D eigenvalue weighted by Gasteiger charge is -2.45. The third-order valence-corrected chi connectivity index (χ3v) is 12.7. The SMILES string of the molecule is CCCCCCCCCCCCCCCCN1C(=O)C2C(OCCOCC)OC(C(C)(C)N(C)C3OC(C)C4C(=O)N(CCOCCOCCOC)C(=O)C43)C2C1=O. The molecule has 0 aromatic carbocycles. The summed E-state index contributed by atoms with van der Waals surface area (Å²) in [7, 11) is 3.44. The van der Waals surface area contributed by atoms with Crippen molar-refractivity contribution in [2.75, 3.05) is 80.1 Å². The summed E-state index contributed by atoms with van der Waals surface area (Å²) in [6.45, 7) is 13.3. The highest BCUT2D eigenvalue weighted by Gasteiger charge is 2.66. The van der Waals surface area contributed by atoms with Crippen LogP contribution in [0, 0.1) is 23.7 Å². The molecule has 0 aliphatic carbocycles. The zero-order valence-electron chi connectivity index (χ0n) is 36.9. The van der Waals surface area contributed by atoms with Crippen LogP contribution in [0.15, 0.2) is 0 Å². The second kappa shape index (κ2) is 25.0. The van der Waals surface area contributed by atoms with Gasteiger partial charge in [-0.3, -0.25) is 33.9 Å². The average molecular weight is 824 g/mol. The van der Waals surface area contributed by atoms with E-state index in [0.717, 1.165) is 19.3 Å². The summed E-state index contributed by atoms with van der Waals surface area (Å²) in [5.74, 6) is -4.01. The van der Waals surface area contributed by atoms with E-state index in [2.05, 4.69) is 6.92 Å². The second-order valence-electron chi connectivity index (χ2n) is 17.1. The number of carbonyl (C=O) groups is 4. The van der Waals surface area contributed by atoms with Gasteiger partial charge in [-0.1, -0.05) is 90.4 Å². The molecular weight excluding hydrogens is 746 g/mol. The van der Waals surface area contributed by atoms with Gasteiger partial charge in [-0.2, -0.15) is 0 Å². The Morgan fingerprint density at radius 3 is 1.69 bits per heavy atom. The van der Waals surface area contributed by atoms with E-state index in [-0.39, 0.29) is 43.4 Å². The van der Waals surface area contributed by atoms with Gasteiger partial charge in [0.05, 0.1) is 82.8 Å². The maximum atomic E-state index is 14.2. The number of fused-ring (bicyclic) bond motifs is 2. The van der Waals surface area contributed by atoms with Crippen LogP contribution in [0.3, 0.4) is 0 Å². The zero-order chi connectivity index (χ0) is 42.1. The Hall–Kier alpha value is -2.04. The van der Waals surface area contributed by atoms with Gasteiger partial charge < -0.3 is 33.2 Å². The second-order valence-corrected chi connectivity index (χ2v) is 17.1. The van der Waals surface area contributed by atoms with Crippen LogP contribution in [0.4, 0.5) is 0 Å². The first-order valence-corrected chi connectivity index (χ1v) is 22.6. The van der Waals surface area contributed by atoms with Crippen LogP contribution in [0.25, 0.3) is 0 Å². The predicted octanol–water partition coefficient (Wildman–Crippen LogP) is 5.58. The molecule has 4 aliphatic heterocycles. The smallest absolute Gasteiger partial charge is 0.238 e. The number of hydrogen-bond donors (Lipinski definition) is 0. The van der Waals surface area contributed by atoms with Crippen LogP contribution in [0.5, 0.6) is 0 Å². The number of carbonyl (C=O) groups excluding carboxylic acids is 4. The number of unbranched alkanes of at least 4 members (excludes halogenated alkanes) is 13. The van der Waals surface area contributed by atoms with Gasteiger partial charge in [0.25, 0.3) is 0 Å². The van der Waals surface area contributed by atoms with E-state index in [1.807, 2.05) is 39.6 Å². The minimum Gasteiger partial charge on any atom is -0.382 e. The van der Waals surface area contributed by atoms with Crippen molar-refractivity contribution in [3.63, 3.8) is 0 Å². The summed E-state index contributed by atoms with van der Waals surface area (Å²) >= 11 is 0. The lowest BCUT2D eigenvalue weighted by molar-refractivity contribution is -0.198. The fraction of sp³-hybridized carbons (Fsp3) is 0.909. The number of amides is 4. The topological polar surface area (TPSA) is 143 Å². The number of likely N-dealkylation sites (tertiary alicyclic amines) is 2. The quantitative estimate of drug-likeness (QED) is 0.0618. The first-order valence-electron chi connectivity index (χ1n) is 22.6. The summed E-state index contributed by atoms with van der Waals surface area (Å²) < 4.78 is 40.6. The van der Waals surface area contributed by atoms with Crippen molar-refractivity contribution in [3.05, 3.63) is 0 Å². The first-order chi connectivity index (χ1) is 28.0. The van der Waals surface area contributed by atoms with E-state index in [4.69, 9.17) is 33.2 Å². The molecule has 4 aliphatic rings. The van der Waals surface area contributed by atoms with Gasteiger partial charge in [0, 0.05) is 25.8 Å². The molecule has 0 aromatic rings. The van der Waals surface area contributed by atoms with Gasteiger partial charge in [-0.15, -0.1) is 0 Å². The molecule has 4 heterocycles. The van der Waals surface area contributed by atoms with Gasteiger partial charge in [-0.25, -0.2) is 0 Å². The molecule has 8 unspecified atom stereocenters. The number of nitrogens with zero attached hydrogens (tertiary/aromatic N) is 3. The molecular formula is C44H77N3O11. The fourth-order valence-electron chi connectivity index (χ4n) is 9.15. The highest BCUT2D eigenvalue weighted by atomic mass is 16.7. The van der Waals surface area contributed by atoms with Gasteiger partial charge in [0.1, 0.15) is 12.1 Å². The molecule has 4 rings (SSSR count). The lowest BCUT2D eigenvalue weighted by atomic mass is 9.81. The number of likely N-dealkylation sites (N-methyl/N-ethyl adjacent to an activating group) is 1. The van der Waals surface area contributed by atoms with Crippen molar-refractivity contribution in [2.45, 2.75) is 155 Å². The van der Waals surface area contributed by atoms with Crippen LogP contribution in [-0.2, 0) is 52.3 Å². The largest absolute Gasteiger partial charge is 0.382 e. The Morgan fingerprint density at radius 2 is 1.09 bits per heavy atom. The molecule has 4 saturated heterocycles. The standard InChI is InChI=1S/C44H77N3O11/c1-8-10-11-12-13-14-15-16-17-18-19-20-21-22-23-46-39(49)34-36(41(46)51)43(56-31-30-53-9-2)58-37(34)44(4,5)45(6)42-35-33(32(3)57-42)38(48)47(40(35)50)24-25-54-28-29-55-27-26-52-7/h32-37,42-43H,8-31H2,1-7H3. The molecule has 0 spiro atoms. The summed E-state index contributed by atoms with van der Waals surface area (Å²) in [6.07, 6.45) is 14.3. The van der Waals surface area contributed by atoms with Crippen LogP contribution in [0.2, 0.25) is 0 Å². The Labute approximate surface area is 348 Å². The predicted molar refractivity (Wildman–Crippen MR) is 219 cm³/mol. The highest BCUT2D eigenvalue weighted by molar-refractivity contribution is 6.07. The average Bonchev–Trinajstić information content (AvgIpc) is 3.90. The number of methoxy groups -OCH3 is 1. The van der Waals surface area contributed by atoms with Crippen LogP contribution in [0.1, 0.15) is 125 Å². The number of imide groups is 2. The van der Waals surface area contributed by atoms with Crippen molar-refractivity contribution >= 4 is 23.6 Å². The lowest BCUT2D eigenvalue weighted by Crippen LogP contribution is -2.59. The van der Waals surface area contributed by atoms with Crippen LogP contribution in [-0.4, -0.2) is 149 Å². The molecule has 14 heteroatoms. The van der Waals surface area contributed by atoms with Gasteiger partial charge >= 0.3 is 0 Å². The van der Waals surface area contributed by atoms with Crippen molar-refractivity contribution in [3.8, 4) is 0 Å². The third kappa shape index (κ3) is 12.5. The van der Waals surface area contributed by atoms with Crippen molar-refractivity contribution in [1.82, 2.24) is 14.7 Å². The third-order valence-electron chi connectivity index (χ3n) is 12.7. The molecule has 8 atom stereocenters. The molecule has 0 radical (unpaired) electrons. The number of ether oxygens (including phenoxy) is 7. The molecule has 0 saturated carbocycles. The van der Waals surface area contributed by atoms with E-state index in [1.54, 1.807) is 7.11 Å². The number of hydrogen-bond acceptors (Lipinski definition) is 12. The molecule has 0 aromatic heterocycles. The Balaban J connectivity index is 1.33. The molecule has 0 N–H and O–H groups in total. The molecule has 14 nitrogen and oxygen atoms in total. The maximum absolute atomic E-state index is 14.2. The molecule has 58 heavy (non-hydrogen) atoms. The van der Waals surface area contributed by atoms with Gasteiger partial charge in [0.2, 0.25) is 23.6 Å². The van der Waals surface area contributed by atoms with E-state index >= 15 is 0 Å². The maximum Gasteiger partial charge on any atom is 0.238 e. The van der Waals surface area contributed by atoms with E-state index in [9.17, 15) is 19.2 Å². The minimum absolute atomic E-state index is 0.136. The molecule has 0 bridgehead atoms. The molecule has 4 amide bonds. The van der Waals surface area contributed by atoms with E-state index in [1.165, 1.54) is 80.4 Å². The first kappa shape index (κ1) is 48.6. The minimum atomic E-state index is -0.923.